The summed E-state index contributed by atoms with van der Waals surface area (Å²) < 4.78 is 0. The molecule has 0 aliphatic carbocycles. The molecule has 0 radical (unpaired) electrons. The van der Waals surface area contributed by atoms with Crippen LogP contribution in [0.1, 0.15) is 18.2 Å². The molecule has 0 aliphatic rings. The van der Waals surface area contributed by atoms with Crippen LogP contribution in [0.3, 0.4) is 0 Å². The Labute approximate surface area is 244 Å². The van der Waals surface area contributed by atoms with Crippen LogP contribution in [0.2, 0.25) is 0 Å². The molecule has 2 heterocycles. The lowest BCUT2D eigenvalue weighted by Gasteiger charge is -2.15. The number of pyridine rings is 1. The fourth-order valence-electron chi connectivity index (χ4n) is 4.60. The van der Waals surface area contributed by atoms with Crippen LogP contribution >= 0.6 is 0 Å². The number of hydrogen-bond acceptors (Lipinski definition) is 7. The van der Waals surface area contributed by atoms with E-state index in [1.54, 1.807) is 18.6 Å². The lowest BCUT2D eigenvalue weighted by molar-refractivity contribution is 0.348. The van der Waals surface area contributed by atoms with Crippen molar-refractivity contribution < 1.29 is 20.4 Å². The van der Waals surface area contributed by atoms with Crippen molar-refractivity contribution >= 4 is 25.0 Å². The van der Waals surface area contributed by atoms with E-state index in [1.807, 2.05) is 104 Å². The van der Waals surface area contributed by atoms with Crippen molar-refractivity contribution in [3.8, 4) is 56.6 Å². The molecule has 0 atom stereocenters. The molecule has 0 fully saturated rings. The summed E-state index contributed by atoms with van der Waals surface area (Å²) >= 11 is 0. The van der Waals surface area contributed by atoms with Gasteiger partial charge < -0.3 is 20.4 Å². The van der Waals surface area contributed by atoms with E-state index >= 15 is 0 Å². The third-order valence-corrected chi connectivity index (χ3v) is 6.85. The molecule has 0 saturated heterocycles. The van der Waals surface area contributed by atoms with Gasteiger partial charge in [0, 0.05) is 29.7 Å². The standard InChI is InChI=1S/C34H28BN3O4/c1-2-3-9-22(21-10-5-4-6-11-21)15-16-27-26(24-13-7-12-23(18-24)25-14-8-17-36-19-25)20-37-34(38-27)28-29(35)31(40)33(42)32(41)30(28)39/h2-20,39-42H,35H2,1H3/b3-2-,16-15+,22-9+. The van der Waals surface area contributed by atoms with Crippen LogP contribution in [0, 0.1) is 0 Å². The Balaban J connectivity index is 1.70. The van der Waals surface area contributed by atoms with E-state index < -0.39 is 23.0 Å². The molecule has 7 nitrogen and oxygen atoms in total. The third-order valence-electron chi connectivity index (χ3n) is 6.85. The smallest absolute Gasteiger partial charge is 0.205 e. The topological polar surface area (TPSA) is 120 Å². The van der Waals surface area contributed by atoms with Gasteiger partial charge in [-0.1, -0.05) is 78.9 Å². The van der Waals surface area contributed by atoms with Crippen molar-refractivity contribution in [3.63, 3.8) is 0 Å². The summed E-state index contributed by atoms with van der Waals surface area (Å²) in [5.74, 6) is -2.76. The first kappa shape index (κ1) is 27.9. The predicted molar refractivity (Wildman–Crippen MR) is 169 cm³/mol. The molecule has 0 saturated carbocycles. The van der Waals surface area contributed by atoms with Gasteiger partial charge in [-0.2, -0.15) is 0 Å². The highest BCUT2D eigenvalue weighted by molar-refractivity contribution is 6.38. The molecule has 5 rings (SSSR count). The maximum Gasteiger partial charge on any atom is 0.205 e. The fraction of sp³-hybridized carbons (Fsp3) is 0.0294. The Kier molecular flexibility index (Phi) is 8.16. The molecule has 2 aromatic heterocycles. The van der Waals surface area contributed by atoms with Crippen LogP contribution < -0.4 is 5.46 Å². The van der Waals surface area contributed by atoms with Gasteiger partial charge >= 0.3 is 0 Å². The summed E-state index contributed by atoms with van der Waals surface area (Å²) in [6.07, 6.45) is 14.9. The van der Waals surface area contributed by atoms with E-state index in [0.29, 0.717) is 5.69 Å². The van der Waals surface area contributed by atoms with E-state index in [4.69, 9.17) is 4.98 Å². The summed E-state index contributed by atoms with van der Waals surface area (Å²) in [5.41, 5.74) is 6.16. The van der Waals surface area contributed by atoms with E-state index in [2.05, 4.69) is 9.97 Å². The predicted octanol–water partition coefficient (Wildman–Crippen LogP) is 5.63. The number of hydrogen-bond donors (Lipinski definition) is 4. The Morgan fingerprint density at radius 3 is 2.26 bits per heavy atom. The first-order valence-corrected chi connectivity index (χ1v) is 13.3. The molecular weight excluding hydrogens is 525 g/mol. The number of rotatable bonds is 7. The average Bonchev–Trinajstić information content (AvgIpc) is 3.04. The minimum Gasteiger partial charge on any atom is -0.505 e. The van der Waals surface area contributed by atoms with Crippen molar-refractivity contribution in [2.75, 3.05) is 0 Å². The quantitative estimate of drug-likeness (QED) is 0.0893. The molecule has 206 valence electrons. The van der Waals surface area contributed by atoms with Gasteiger partial charge in [0.25, 0.3) is 0 Å². The van der Waals surface area contributed by atoms with Crippen LogP contribution in [0.25, 0.3) is 45.3 Å². The van der Waals surface area contributed by atoms with Crippen LogP contribution in [-0.4, -0.2) is 43.2 Å². The minimum atomic E-state index is -0.845. The second kappa shape index (κ2) is 12.3. The number of nitrogens with zero attached hydrogens (tertiary/aromatic N) is 3. The molecule has 8 heteroatoms. The first-order valence-electron chi connectivity index (χ1n) is 13.3. The second-order valence-electron chi connectivity index (χ2n) is 9.56. The molecule has 3 aromatic carbocycles. The average molecular weight is 553 g/mol. The van der Waals surface area contributed by atoms with Crippen LogP contribution in [0.15, 0.2) is 110 Å². The molecule has 0 bridgehead atoms. The van der Waals surface area contributed by atoms with Crippen LogP contribution in [0.4, 0.5) is 0 Å². The highest BCUT2D eigenvalue weighted by Gasteiger charge is 2.24. The summed E-state index contributed by atoms with van der Waals surface area (Å²) in [5, 5.41) is 41.3. The molecule has 42 heavy (non-hydrogen) atoms. The normalized spacial score (nSPS) is 11.9. The number of allylic oxidation sites excluding steroid dienone is 5. The molecule has 5 aromatic rings. The van der Waals surface area contributed by atoms with Crippen LogP contribution in [-0.2, 0) is 0 Å². The zero-order valence-corrected chi connectivity index (χ0v) is 23.1. The van der Waals surface area contributed by atoms with E-state index in [-0.39, 0.29) is 16.9 Å². The molecule has 0 aliphatic heterocycles. The van der Waals surface area contributed by atoms with Gasteiger partial charge in [0.15, 0.2) is 17.3 Å². The van der Waals surface area contributed by atoms with Gasteiger partial charge in [0.2, 0.25) is 11.5 Å². The number of aromatic nitrogens is 3. The Morgan fingerprint density at radius 2 is 1.52 bits per heavy atom. The molecule has 4 N–H and O–H groups in total. The van der Waals surface area contributed by atoms with Crippen molar-refractivity contribution in [2.24, 2.45) is 0 Å². The SMILES string of the molecule is Bc1c(O)c(O)c(O)c(O)c1-c1ncc(-c2cccc(-c3cccnc3)c2)c(/C=C/C(=C\C=C/C)c2ccccc2)n1. The summed E-state index contributed by atoms with van der Waals surface area (Å²) in [4.78, 5) is 13.5. The van der Waals surface area contributed by atoms with E-state index in [1.165, 1.54) is 7.85 Å². The van der Waals surface area contributed by atoms with Crippen molar-refractivity contribution in [3.05, 3.63) is 121 Å². The van der Waals surface area contributed by atoms with Gasteiger partial charge in [-0.25, -0.2) is 9.97 Å². The largest absolute Gasteiger partial charge is 0.505 e. The molecular formula is C34H28BN3O4. The van der Waals surface area contributed by atoms with Crippen molar-refractivity contribution in [2.45, 2.75) is 6.92 Å². The summed E-state index contributed by atoms with van der Waals surface area (Å²) in [6.45, 7) is 1.95. The maximum absolute atomic E-state index is 10.7. The summed E-state index contributed by atoms with van der Waals surface area (Å²) in [6, 6.07) is 21.8. The van der Waals surface area contributed by atoms with Gasteiger partial charge in [0.1, 0.15) is 7.85 Å². The Morgan fingerprint density at radius 1 is 0.786 bits per heavy atom. The van der Waals surface area contributed by atoms with E-state index in [0.717, 1.165) is 33.4 Å². The monoisotopic (exact) mass is 553 g/mol. The molecule has 0 spiro atoms. The zero-order chi connectivity index (χ0) is 29.6. The third kappa shape index (κ3) is 5.64. The van der Waals surface area contributed by atoms with Gasteiger partial charge in [-0.3, -0.25) is 4.98 Å². The lowest BCUT2D eigenvalue weighted by Crippen LogP contribution is -2.10. The Hall–Kier alpha value is -5.63. The highest BCUT2D eigenvalue weighted by Crippen LogP contribution is 2.45. The maximum atomic E-state index is 10.7. The summed E-state index contributed by atoms with van der Waals surface area (Å²) in [7, 11) is 1.50. The van der Waals surface area contributed by atoms with Gasteiger partial charge in [-0.05, 0) is 52.9 Å². The van der Waals surface area contributed by atoms with Crippen molar-refractivity contribution in [1.29, 1.82) is 0 Å². The second-order valence-corrected chi connectivity index (χ2v) is 9.56. The first-order chi connectivity index (χ1) is 20.4. The minimum absolute atomic E-state index is 0.0147. The van der Waals surface area contributed by atoms with Crippen LogP contribution in [0.5, 0.6) is 23.0 Å². The van der Waals surface area contributed by atoms with Crippen molar-refractivity contribution in [1.82, 2.24) is 15.0 Å². The number of benzene rings is 3. The molecule has 0 unspecified atom stereocenters. The van der Waals surface area contributed by atoms with Gasteiger partial charge in [-0.15, -0.1) is 0 Å². The lowest BCUT2D eigenvalue weighted by atomic mass is 9.87. The Bertz CT molecular complexity index is 1810. The fourth-order valence-corrected chi connectivity index (χ4v) is 4.60. The van der Waals surface area contributed by atoms with Gasteiger partial charge in [0.05, 0.1) is 11.3 Å². The number of phenols is 4. The number of aromatic hydroxyl groups is 4. The zero-order valence-electron chi connectivity index (χ0n) is 23.1. The number of phenolic OH excluding ortho intramolecular Hbond substituents is 4. The highest BCUT2D eigenvalue weighted by atomic mass is 16.3. The molecule has 0 amide bonds. The van der Waals surface area contributed by atoms with E-state index in [9.17, 15) is 20.4 Å².